The number of benzene rings is 5. The van der Waals surface area contributed by atoms with E-state index in [9.17, 15) is 9.59 Å². The number of amides is 1. The van der Waals surface area contributed by atoms with E-state index in [-0.39, 0.29) is 29.4 Å². The summed E-state index contributed by atoms with van der Waals surface area (Å²) < 4.78 is 26.3. The van der Waals surface area contributed by atoms with E-state index >= 15 is 0 Å². The molecular formula is C48H47N5O6S2. The van der Waals surface area contributed by atoms with Crippen molar-refractivity contribution in [2.24, 2.45) is 4.99 Å². The maximum atomic E-state index is 14.2. The molecule has 0 saturated heterocycles. The lowest BCUT2D eigenvalue weighted by Gasteiger charge is -2.31. The number of hydrogen-bond donors (Lipinski definition) is 0. The number of aromatic nitrogens is 2. The molecule has 0 saturated carbocycles. The second-order valence-corrected chi connectivity index (χ2v) is 19.6. The highest BCUT2D eigenvalue weighted by Gasteiger charge is 2.45. The molecule has 1 atom stereocenters. The molecule has 3 aliphatic heterocycles. The van der Waals surface area contributed by atoms with Gasteiger partial charge in [0, 0.05) is 60.9 Å². The molecule has 0 aliphatic carbocycles. The summed E-state index contributed by atoms with van der Waals surface area (Å²) in [5.74, 6) is 2.42. The Morgan fingerprint density at radius 2 is 1.48 bits per heavy atom. The Bertz CT molecular complexity index is 2820. The molecule has 0 N–H and O–H groups in total. The fraction of sp³-hybridized carbons (Fsp3) is 0.292. The minimum Gasteiger partial charge on any atom is -0.493 e. The predicted molar refractivity (Wildman–Crippen MR) is 247 cm³/mol. The van der Waals surface area contributed by atoms with Crippen LogP contribution in [0.4, 0.5) is 17.1 Å². The average molecular weight is 854 g/mol. The van der Waals surface area contributed by atoms with E-state index < -0.39 is 5.54 Å². The summed E-state index contributed by atoms with van der Waals surface area (Å²) in [6.07, 6.45) is 5.23. The van der Waals surface area contributed by atoms with Crippen molar-refractivity contribution < 1.29 is 23.7 Å². The lowest BCUT2D eigenvalue weighted by atomic mass is 9.98. The molecule has 312 valence electrons. The van der Waals surface area contributed by atoms with Gasteiger partial charge in [-0.2, -0.15) is 0 Å². The van der Waals surface area contributed by atoms with Gasteiger partial charge in [0.15, 0.2) is 23.0 Å². The van der Waals surface area contributed by atoms with Crippen molar-refractivity contribution in [3.8, 4) is 28.7 Å². The minimum atomic E-state index is -0.597. The molecule has 6 aromatic rings. The number of methoxy groups -OCH3 is 2. The van der Waals surface area contributed by atoms with Crippen molar-refractivity contribution in [3.05, 3.63) is 135 Å². The molecule has 0 spiro atoms. The van der Waals surface area contributed by atoms with E-state index in [1.54, 1.807) is 53.8 Å². The summed E-state index contributed by atoms with van der Waals surface area (Å²) in [5, 5.41) is 0.460. The Morgan fingerprint density at radius 3 is 2.18 bits per heavy atom. The van der Waals surface area contributed by atoms with Crippen LogP contribution in [0.5, 0.6) is 23.0 Å². The quantitative estimate of drug-likeness (QED) is 0.104. The van der Waals surface area contributed by atoms with Crippen LogP contribution in [0.25, 0.3) is 16.6 Å². The zero-order valence-electron chi connectivity index (χ0n) is 35.3. The number of ether oxygens (including phenoxy) is 4. The van der Waals surface area contributed by atoms with Crippen molar-refractivity contribution in [2.75, 3.05) is 43.9 Å². The first-order chi connectivity index (χ1) is 29.4. The highest BCUT2D eigenvalue weighted by atomic mass is 33.1. The van der Waals surface area contributed by atoms with E-state index in [1.807, 2.05) is 71.3 Å². The van der Waals surface area contributed by atoms with Crippen molar-refractivity contribution in [1.29, 1.82) is 0 Å². The molecule has 5 aromatic carbocycles. The standard InChI is InChI=1S/C48H47N5O6S2/c1-47(2,61-60-7)28-51(4)33-17-29(25-58-42-22-36-34(20-40(42)56-5)46(55)53-39-15-11-9-13-32(39)24-48(53,3)27-49-36)16-30(18-33)26-59-43-23-37-35(21-41(43)57-6)45(54)52-38-14-10-8-12-31(38)19-44(52)50-37/h8-18,20-23,27H,19,24-26,28H2,1-7H3. The molecule has 0 radical (unpaired) electrons. The largest absolute Gasteiger partial charge is 0.493 e. The van der Waals surface area contributed by atoms with Gasteiger partial charge in [-0.05, 0) is 91.7 Å². The third kappa shape index (κ3) is 7.48. The highest BCUT2D eigenvalue weighted by molar-refractivity contribution is 8.77. The molecule has 13 heteroatoms. The zero-order valence-corrected chi connectivity index (χ0v) is 36.9. The molecule has 11 nitrogen and oxygen atoms in total. The number of fused-ring (bicyclic) bond motifs is 8. The van der Waals surface area contributed by atoms with Crippen molar-refractivity contribution in [3.63, 3.8) is 0 Å². The first-order valence-electron chi connectivity index (χ1n) is 20.1. The molecule has 61 heavy (non-hydrogen) atoms. The van der Waals surface area contributed by atoms with Crippen LogP contribution in [0.15, 0.2) is 101 Å². The van der Waals surface area contributed by atoms with Gasteiger partial charge in [0.1, 0.15) is 19.0 Å². The van der Waals surface area contributed by atoms with Crippen LogP contribution in [0, 0.1) is 0 Å². The summed E-state index contributed by atoms with van der Waals surface area (Å²) in [6.45, 7) is 7.74. The van der Waals surface area contributed by atoms with Crippen molar-refractivity contribution >= 4 is 61.7 Å². The van der Waals surface area contributed by atoms with E-state index in [1.165, 1.54) is 0 Å². The summed E-state index contributed by atoms with van der Waals surface area (Å²) in [6, 6.07) is 29.3. The maximum absolute atomic E-state index is 14.2. The number of hydrogen-bond acceptors (Lipinski definition) is 11. The smallest absolute Gasteiger partial charge is 0.266 e. The number of anilines is 2. The van der Waals surface area contributed by atoms with Gasteiger partial charge in [0.05, 0.1) is 47.6 Å². The minimum absolute atomic E-state index is 0.0234. The van der Waals surface area contributed by atoms with E-state index in [0.29, 0.717) is 63.8 Å². The number of aliphatic imine (C=N–C) groups is 1. The summed E-state index contributed by atoms with van der Waals surface area (Å²) in [7, 11) is 8.83. The van der Waals surface area contributed by atoms with Gasteiger partial charge in [-0.1, -0.05) is 58.0 Å². The Hall–Kier alpha value is -5.92. The number of para-hydroxylation sites is 2. The van der Waals surface area contributed by atoms with Gasteiger partial charge >= 0.3 is 0 Å². The van der Waals surface area contributed by atoms with Crippen molar-refractivity contribution in [1.82, 2.24) is 9.55 Å². The maximum Gasteiger partial charge on any atom is 0.266 e. The van der Waals surface area contributed by atoms with Gasteiger partial charge in [-0.25, -0.2) is 4.98 Å². The van der Waals surface area contributed by atoms with Crippen molar-refractivity contribution in [2.45, 2.75) is 57.1 Å². The number of carbonyl (C=O) groups excluding carboxylic acids is 1. The molecule has 1 aromatic heterocycles. The van der Waals surface area contributed by atoms with Gasteiger partial charge in [0.25, 0.3) is 11.5 Å². The fourth-order valence-corrected chi connectivity index (χ4v) is 11.0. The molecule has 1 amide bonds. The molecule has 9 rings (SSSR count). The summed E-state index contributed by atoms with van der Waals surface area (Å²) in [4.78, 5) is 41.9. The Balaban J connectivity index is 1.01. The number of carbonyl (C=O) groups is 1. The zero-order chi connectivity index (χ0) is 42.6. The molecule has 3 aliphatic rings. The third-order valence-corrected chi connectivity index (χ3v) is 14.1. The van der Waals surface area contributed by atoms with Crippen LogP contribution < -0.4 is 34.3 Å². The third-order valence-electron chi connectivity index (χ3n) is 11.5. The second kappa shape index (κ2) is 15.8. The summed E-state index contributed by atoms with van der Waals surface area (Å²) in [5.41, 5.74) is 7.57. The predicted octanol–water partition coefficient (Wildman–Crippen LogP) is 9.37. The summed E-state index contributed by atoms with van der Waals surface area (Å²) >= 11 is 0. The second-order valence-electron chi connectivity index (χ2n) is 16.5. The molecule has 4 heterocycles. The first kappa shape index (κ1) is 40.5. The van der Waals surface area contributed by atoms with Crippen LogP contribution >= 0.6 is 21.6 Å². The lowest BCUT2D eigenvalue weighted by molar-refractivity contribution is 0.0976. The van der Waals surface area contributed by atoms with Crippen LogP contribution in [0.1, 0.15) is 59.2 Å². The molecule has 0 bridgehead atoms. The van der Waals surface area contributed by atoms with Crippen LogP contribution in [0.3, 0.4) is 0 Å². The van der Waals surface area contributed by atoms with E-state index in [2.05, 4.69) is 56.3 Å². The highest BCUT2D eigenvalue weighted by Crippen LogP contribution is 2.45. The Kier molecular flexibility index (Phi) is 10.5. The van der Waals surface area contributed by atoms with Crippen LogP contribution in [-0.2, 0) is 26.1 Å². The Labute approximate surface area is 363 Å². The molecular weight excluding hydrogens is 807 g/mol. The number of nitrogens with zero attached hydrogens (tertiary/aromatic N) is 5. The fourth-order valence-electron chi connectivity index (χ4n) is 8.79. The molecule has 1 unspecified atom stereocenters. The lowest BCUT2D eigenvalue weighted by Crippen LogP contribution is -2.48. The average Bonchev–Trinajstić information content (AvgIpc) is 3.74. The van der Waals surface area contributed by atoms with Crippen LogP contribution in [-0.4, -0.2) is 66.0 Å². The van der Waals surface area contributed by atoms with Gasteiger partial charge in [0.2, 0.25) is 0 Å². The first-order valence-corrected chi connectivity index (χ1v) is 22.7. The van der Waals surface area contributed by atoms with Crippen LogP contribution in [0.2, 0.25) is 0 Å². The molecule has 0 fully saturated rings. The van der Waals surface area contributed by atoms with E-state index in [4.69, 9.17) is 28.9 Å². The van der Waals surface area contributed by atoms with Gasteiger partial charge < -0.3 is 23.8 Å². The Morgan fingerprint density at radius 1 is 0.820 bits per heavy atom. The van der Waals surface area contributed by atoms with Gasteiger partial charge in [-0.3, -0.25) is 24.0 Å². The van der Waals surface area contributed by atoms with E-state index in [0.717, 1.165) is 45.9 Å². The monoisotopic (exact) mass is 853 g/mol. The topological polar surface area (TPSA) is 108 Å². The normalized spacial score (nSPS) is 16.0. The SMILES string of the molecule is COc1cc2c(cc1OCc1cc(COc3cc4nc5n(c(=O)c4cc3OC)-c3ccccc3C5)cc(N(C)CC(C)(C)SSC)c1)N=CC1(C)Cc3ccccc3N1C2=O. The number of rotatable bonds is 13. The van der Waals surface area contributed by atoms with Gasteiger partial charge in [-0.15, -0.1) is 0 Å².